The van der Waals surface area contributed by atoms with E-state index in [4.69, 9.17) is 21.1 Å². The van der Waals surface area contributed by atoms with E-state index in [1.807, 2.05) is 18.2 Å². The van der Waals surface area contributed by atoms with Gasteiger partial charge in [-0.2, -0.15) is 0 Å². The molecule has 3 rings (SSSR count). The molecule has 1 unspecified atom stereocenters. The molecule has 4 nitrogen and oxygen atoms in total. The molecule has 0 radical (unpaired) electrons. The highest BCUT2D eigenvalue weighted by atomic mass is 35.5. The molecule has 0 saturated carbocycles. The van der Waals surface area contributed by atoms with Gasteiger partial charge in [-0.15, -0.1) is 0 Å². The lowest BCUT2D eigenvalue weighted by Gasteiger charge is -2.17. The first-order valence-corrected chi connectivity index (χ1v) is 11.0. The number of aryl methyl sites for hydroxylation is 1. The van der Waals surface area contributed by atoms with Gasteiger partial charge in [-0.1, -0.05) is 29.8 Å². The van der Waals surface area contributed by atoms with Crippen molar-refractivity contribution >= 4 is 11.6 Å². The second kappa shape index (κ2) is 11.4. The molecule has 2 aromatic carbocycles. The number of nitrogens with one attached hydrogen (secondary N) is 1. The van der Waals surface area contributed by atoms with Crippen molar-refractivity contribution in [3.8, 4) is 11.5 Å². The summed E-state index contributed by atoms with van der Waals surface area (Å²) in [4.78, 5) is 2.46. The molecule has 1 atom stereocenters. The Bertz CT molecular complexity index is 745. The highest BCUT2D eigenvalue weighted by molar-refractivity contribution is 6.30. The molecule has 29 heavy (non-hydrogen) atoms. The van der Waals surface area contributed by atoms with E-state index in [1.54, 1.807) is 7.11 Å². The second-order valence-electron chi connectivity index (χ2n) is 7.83. The van der Waals surface area contributed by atoms with Crippen LogP contribution in [0.3, 0.4) is 0 Å². The van der Waals surface area contributed by atoms with Crippen molar-refractivity contribution in [3.63, 3.8) is 0 Å². The van der Waals surface area contributed by atoms with E-state index in [1.165, 1.54) is 37.1 Å². The van der Waals surface area contributed by atoms with Crippen LogP contribution in [0.5, 0.6) is 11.5 Å². The Balaban J connectivity index is 1.43. The number of benzene rings is 2. The van der Waals surface area contributed by atoms with Gasteiger partial charge < -0.3 is 14.8 Å². The maximum Gasteiger partial charge on any atom is 0.161 e. The quantitative estimate of drug-likeness (QED) is 0.562. The fraction of sp³-hybridized carbons (Fsp3) is 0.500. The molecule has 2 aromatic rings. The summed E-state index contributed by atoms with van der Waals surface area (Å²) in [6.45, 7) is 7.17. The molecule has 0 spiro atoms. The minimum atomic E-state index is 0.424. The predicted octanol–water partition coefficient (Wildman–Crippen LogP) is 4.93. The minimum Gasteiger partial charge on any atom is -0.493 e. The molecular formula is C24H33ClN2O2. The Morgan fingerprint density at radius 2 is 1.76 bits per heavy atom. The molecule has 0 bridgehead atoms. The van der Waals surface area contributed by atoms with E-state index in [9.17, 15) is 0 Å². The van der Waals surface area contributed by atoms with Crippen LogP contribution in [0.4, 0.5) is 0 Å². The van der Waals surface area contributed by atoms with E-state index in [2.05, 4.69) is 41.4 Å². The number of rotatable bonds is 11. The number of hydrogen-bond acceptors (Lipinski definition) is 4. The lowest BCUT2D eigenvalue weighted by Crippen LogP contribution is -2.26. The van der Waals surface area contributed by atoms with E-state index in [-0.39, 0.29) is 0 Å². The third kappa shape index (κ3) is 7.22. The summed E-state index contributed by atoms with van der Waals surface area (Å²) < 4.78 is 11.5. The van der Waals surface area contributed by atoms with Gasteiger partial charge in [0.15, 0.2) is 11.5 Å². The summed E-state index contributed by atoms with van der Waals surface area (Å²) in [6, 6.07) is 14.7. The van der Waals surface area contributed by atoms with Crippen LogP contribution in [-0.4, -0.2) is 44.3 Å². The molecule has 1 saturated heterocycles. The Hall–Kier alpha value is -1.75. The molecule has 1 heterocycles. The van der Waals surface area contributed by atoms with Crippen molar-refractivity contribution in [2.75, 3.05) is 33.4 Å². The Morgan fingerprint density at radius 1 is 1.03 bits per heavy atom. The molecule has 5 heteroatoms. The Labute approximate surface area is 180 Å². The lowest BCUT2D eigenvalue weighted by molar-refractivity contribution is 0.230. The van der Waals surface area contributed by atoms with Gasteiger partial charge in [0.1, 0.15) is 6.61 Å². The zero-order valence-electron chi connectivity index (χ0n) is 17.6. The molecule has 158 valence electrons. The first-order valence-electron chi connectivity index (χ1n) is 10.6. The Morgan fingerprint density at radius 3 is 2.48 bits per heavy atom. The van der Waals surface area contributed by atoms with Crippen LogP contribution in [0, 0.1) is 0 Å². The molecule has 0 amide bonds. The van der Waals surface area contributed by atoms with E-state index in [0.717, 1.165) is 42.5 Å². The summed E-state index contributed by atoms with van der Waals surface area (Å²) in [5, 5.41) is 4.36. The van der Waals surface area contributed by atoms with Gasteiger partial charge in [-0.3, -0.25) is 4.90 Å². The average Bonchev–Trinajstić information content (AvgIpc) is 3.26. The third-order valence-corrected chi connectivity index (χ3v) is 5.78. The van der Waals surface area contributed by atoms with Gasteiger partial charge in [0, 0.05) is 24.2 Å². The topological polar surface area (TPSA) is 33.7 Å². The number of ether oxygens (including phenoxy) is 2. The van der Waals surface area contributed by atoms with Crippen LogP contribution in [-0.2, 0) is 13.0 Å². The van der Waals surface area contributed by atoms with Crippen molar-refractivity contribution in [3.05, 3.63) is 58.6 Å². The second-order valence-corrected chi connectivity index (χ2v) is 8.27. The predicted molar refractivity (Wildman–Crippen MR) is 120 cm³/mol. The maximum atomic E-state index is 5.98. The van der Waals surface area contributed by atoms with Gasteiger partial charge in [0.25, 0.3) is 0 Å². The smallest absolute Gasteiger partial charge is 0.161 e. The van der Waals surface area contributed by atoms with Crippen LogP contribution >= 0.6 is 11.6 Å². The van der Waals surface area contributed by atoms with Crippen molar-refractivity contribution in [2.24, 2.45) is 0 Å². The van der Waals surface area contributed by atoms with Gasteiger partial charge in [0.05, 0.1) is 7.11 Å². The normalized spacial score (nSPS) is 15.4. The van der Waals surface area contributed by atoms with Crippen molar-refractivity contribution < 1.29 is 9.47 Å². The largest absolute Gasteiger partial charge is 0.493 e. The van der Waals surface area contributed by atoms with Gasteiger partial charge in [0.2, 0.25) is 0 Å². The third-order valence-electron chi connectivity index (χ3n) is 5.53. The molecule has 1 aliphatic heterocycles. The highest BCUT2D eigenvalue weighted by Crippen LogP contribution is 2.28. The zero-order valence-corrected chi connectivity index (χ0v) is 18.4. The zero-order chi connectivity index (χ0) is 20.5. The number of methoxy groups -OCH3 is 1. The van der Waals surface area contributed by atoms with Crippen molar-refractivity contribution in [2.45, 2.75) is 45.2 Å². The van der Waals surface area contributed by atoms with Crippen LogP contribution in [0.2, 0.25) is 5.02 Å². The SMILES string of the molecule is COc1cc(CCC(C)NCc2ccc(Cl)cc2)ccc1OCCN1CCCC1. The van der Waals surface area contributed by atoms with E-state index < -0.39 is 0 Å². The van der Waals surface area contributed by atoms with Gasteiger partial charge in [-0.05, 0) is 81.1 Å². The van der Waals surface area contributed by atoms with E-state index in [0.29, 0.717) is 12.6 Å². The summed E-state index contributed by atoms with van der Waals surface area (Å²) in [6.07, 6.45) is 4.68. The van der Waals surface area contributed by atoms with Gasteiger partial charge in [-0.25, -0.2) is 0 Å². The molecule has 0 aliphatic carbocycles. The fourth-order valence-corrected chi connectivity index (χ4v) is 3.78. The fourth-order valence-electron chi connectivity index (χ4n) is 3.66. The number of likely N-dealkylation sites (tertiary alicyclic amines) is 1. The number of hydrogen-bond donors (Lipinski definition) is 1. The van der Waals surface area contributed by atoms with Crippen LogP contribution in [0.1, 0.15) is 37.3 Å². The molecule has 0 aromatic heterocycles. The average molecular weight is 417 g/mol. The van der Waals surface area contributed by atoms with Crippen LogP contribution < -0.4 is 14.8 Å². The number of halogens is 1. The summed E-state index contributed by atoms with van der Waals surface area (Å²) >= 11 is 5.94. The summed E-state index contributed by atoms with van der Waals surface area (Å²) in [5.74, 6) is 1.66. The number of nitrogens with zero attached hydrogens (tertiary/aromatic N) is 1. The first kappa shape index (κ1) is 21.9. The summed E-state index contributed by atoms with van der Waals surface area (Å²) in [5.41, 5.74) is 2.52. The standard InChI is InChI=1S/C24H33ClN2O2/c1-19(26-18-21-7-10-22(25)11-8-21)5-6-20-9-12-23(24(17-20)28-2)29-16-15-27-13-3-4-14-27/h7-12,17,19,26H,3-6,13-16,18H2,1-2H3. The monoisotopic (exact) mass is 416 g/mol. The van der Waals surface area contributed by atoms with E-state index >= 15 is 0 Å². The van der Waals surface area contributed by atoms with Crippen LogP contribution in [0.15, 0.2) is 42.5 Å². The maximum absolute atomic E-state index is 5.98. The molecular weight excluding hydrogens is 384 g/mol. The lowest BCUT2D eigenvalue weighted by atomic mass is 10.1. The molecule has 1 N–H and O–H groups in total. The van der Waals surface area contributed by atoms with Gasteiger partial charge >= 0.3 is 0 Å². The highest BCUT2D eigenvalue weighted by Gasteiger charge is 2.12. The van der Waals surface area contributed by atoms with Crippen LogP contribution in [0.25, 0.3) is 0 Å². The Kier molecular flexibility index (Phi) is 8.66. The molecule has 1 fully saturated rings. The van der Waals surface area contributed by atoms with Crippen molar-refractivity contribution in [1.82, 2.24) is 10.2 Å². The first-order chi connectivity index (χ1) is 14.1. The molecule has 1 aliphatic rings. The van der Waals surface area contributed by atoms with Crippen molar-refractivity contribution in [1.29, 1.82) is 0 Å². The summed E-state index contributed by atoms with van der Waals surface area (Å²) in [7, 11) is 1.71. The minimum absolute atomic E-state index is 0.424.